The summed E-state index contributed by atoms with van der Waals surface area (Å²) in [6.45, 7) is 2.14. The Labute approximate surface area is 110 Å². The molecule has 1 aromatic carbocycles. The number of nitrogens with one attached hydrogen (secondary N) is 1. The predicted molar refractivity (Wildman–Crippen MR) is 68.9 cm³/mol. The monoisotopic (exact) mass is 274 g/mol. The third-order valence-electron chi connectivity index (χ3n) is 2.17. The number of ether oxygens (including phenoxy) is 1. The summed E-state index contributed by atoms with van der Waals surface area (Å²) in [5.41, 5.74) is 2.10. The van der Waals surface area contributed by atoms with Crippen molar-refractivity contribution >= 4 is 41.0 Å². The molecule has 0 spiro atoms. The minimum Gasteiger partial charge on any atom is -0.462 e. The second-order valence-electron chi connectivity index (χ2n) is 3.27. The zero-order valence-electron chi connectivity index (χ0n) is 9.20. The molecule has 92 valence electrons. The predicted octanol–water partition coefficient (Wildman–Crippen LogP) is 2.90. The van der Waals surface area contributed by atoms with Gasteiger partial charge < -0.3 is 9.72 Å². The highest BCUT2D eigenvalue weighted by molar-refractivity contribution is 6.16. The van der Waals surface area contributed by atoms with Crippen molar-refractivity contribution in [3.05, 3.63) is 29.6 Å². The molecule has 0 radical (unpaired) electrons. The van der Waals surface area contributed by atoms with E-state index in [-0.39, 0.29) is 18.4 Å². The van der Waals surface area contributed by atoms with E-state index in [2.05, 4.69) is 9.97 Å². The van der Waals surface area contributed by atoms with E-state index in [1.54, 1.807) is 25.1 Å². The molecule has 1 aromatic heterocycles. The Bertz CT molecular complexity index is 525. The largest absolute Gasteiger partial charge is 0.462 e. The van der Waals surface area contributed by atoms with Crippen LogP contribution in [0.2, 0.25) is 0 Å². The molecule has 0 saturated heterocycles. The number of carbonyl (C=O) groups excluding carboxylic acids is 1. The lowest BCUT2D eigenvalue weighted by Gasteiger charge is -2.00. The quantitative estimate of drug-likeness (QED) is 0.692. The number of H-pyrrole nitrogens is 1. The summed E-state index contributed by atoms with van der Waals surface area (Å²) >= 11 is 5.67. The third kappa shape index (κ3) is 2.90. The standard InChI is InChI=1S/C11H11ClN2O2.ClH/c1-2-16-11(15)7-3-4-8-9(5-7)14-10(6-12)13-8;/h3-5H,2,6H2,1H3,(H,13,14);1H. The van der Waals surface area contributed by atoms with Crippen molar-refractivity contribution in [1.82, 2.24) is 9.97 Å². The van der Waals surface area contributed by atoms with E-state index < -0.39 is 0 Å². The van der Waals surface area contributed by atoms with Crippen LogP contribution in [0.3, 0.4) is 0 Å². The molecule has 0 saturated carbocycles. The normalized spacial score (nSPS) is 10.0. The lowest BCUT2D eigenvalue weighted by Crippen LogP contribution is -2.04. The number of nitrogens with zero attached hydrogens (tertiary/aromatic N) is 1. The van der Waals surface area contributed by atoms with E-state index >= 15 is 0 Å². The number of alkyl halides is 1. The van der Waals surface area contributed by atoms with Gasteiger partial charge in [-0.1, -0.05) is 0 Å². The number of rotatable bonds is 3. The third-order valence-corrected chi connectivity index (χ3v) is 2.42. The number of halogens is 2. The van der Waals surface area contributed by atoms with E-state index in [0.29, 0.717) is 23.9 Å². The van der Waals surface area contributed by atoms with Crippen molar-refractivity contribution in [3.63, 3.8) is 0 Å². The van der Waals surface area contributed by atoms with Crippen molar-refractivity contribution in [2.24, 2.45) is 0 Å². The molecule has 2 rings (SSSR count). The maximum Gasteiger partial charge on any atom is 0.338 e. The lowest BCUT2D eigenvalue weighted by atomic mass is 10.2. The number of fused-ring (bicyclic) bond motifs is 1. The Balaban J connectivity index is 0.00000144. The second kappa shape index (κ2) is 5.89. The van der Waals surface area contributed by atoms with Crippen LogP contribution in [0.25, 0.3) is 11.0 Å². The first-order valence-electron chi connectivity index (χ1n) is 4.96. The van der Waals surface area contributed by atoms with Gasteiger partial charge in [0, 0.05) is 0 Å². The summed E-state index contributed by atoms with van der Waals surface area (Å²) in [4.78, 5) is 18.8. The van der Waals surface area contributed by atoms with E-state index in [4.69, 9.17) is 16.3 Å². The number of carbonyl (C=O) groups is 1. The van der Waals surface area contributed by atoms with E-state index in [9.17, 15) is 4.79 Å². The van der Waals surface area contributed by atoms with Crippen LogP contribution in [-0.2, 0) is 10.6 Å². The number of benzene rings is 1. The van der Waals surface area contributed by atoms with Gasteiger partial charge in [0.05, 0.1) is 29.1 Å². The maximum absolute atomic E-state index is 11.5. The number of hydrogen-bond acceptors (Lipinski definition) is 3. The molecule has 0 fully saturated rings. The molecular weight excluding hydrogens is 263 g/mol. The molecule has 0 amide bonds. The van der Waals surface area contributed by atoms with Crippen LogP contribution in [-0.4, -0.2) is 22.5 Å². The van der Waals surface area contributed by atoms with Crippen LogP contribution in [0.4, 0.5) is 0 Å². The van der Waals surface area contributed by atoms with Crippen LogP contribution >= 0.6 is 24.0 Å². The highest BCUT2D eigenvalue weighted by atomic mass is 35.5. The average molecular weight is 275 g/mol. The van der Waals surface area contributed by atoms with Crippen molar-refractivity contribution in [2.45, 2.75) is 12.8 Å². The van der Waals surface area contributed by atoms with Crippen molar-refractivity contribution in [1.29, 1.82) is 0 Å². The number of aromatic nitrogens is 2. The zero-order valence-corrected chi connectivity index (χ0v) is 10.8. The Morgan fingerprint density at radius 1 is 1.53 bits per heavy atom. The van der Waals surface area contributed by atoms with Crippen LogP contribution in [0.15, 0.2) is 18.2 Å². The molecule has 0 unspecified atom stereocenters. The van der Waals surface area contributed by atoms with Crippen LogP contribution < -0.4 is 0 Å². The Morgan fingerprint density at radius 2 is 2.29 bits per heavy atom. The fourth-order valence-electron chi connectivity index (χ4n) is 1.47. The molecule has 17 heavy (non-hydrogen) atoms. The van der Waals surface area contributed by atoms with Crippen molar-refractivity contribution < 1.29 is 9.53 Å². The fraction of sp³-hybridized carbons (Fsp3) is 0.273. The molecule has 0 aliphatic carbocycles. The smallest absolute Gasteiger partial charge is 0.338 e. The van der Waals surface area contributed by atoms with Gasteiger partial charge in [-0.2, -0.15) is 0 Å². The molecule has 1 heterocycles. The van der Waals surface area contributed by atoms with Crippen molar-refractivity contribution in [2.75, 3.05) is 6.61 Å². The molecule has 0 atom stereocenters. The number of imidazole rings is 1. The van der Waals surface area contributed by atoms with Gasteiger partial charge >= 0.3 is 5.97 Å². The molecule has 6 heteroatoms. The van der Waals surface area contributed by atoms with Crippen LogP contribution in [0.1, 0.15) is 23.1 Å². The molecule has 0 aliphatic rings. The molecule has 0 bridgehead atoms. The Morgan fingerprint density at radius 3 is 2.94 bits per heavy atom. The lowest BCUT2D eigenvalue weighted by molar-refractivity contribution is 0.0526. The van der Waals surface area contributed by atoms with Gasteiger partial charge in [-0.05, 0) is 25.1 Å². The van der Waals surface area contributed by atoms with Crippen LogP contribution in [0, 0.1) is 0 Å². The zero-order chi connectivity index (χ0) is 11.5. The summed E-state index contributed by atoms with van der Waals surface area (Å²) in [5.74, 6) is 0.688. The maximum atomic E-state index is 11.5. The summed E-state index contributed by atoms with van der Waals surface area (Å²) in [7, 11) is 0. The molecule has 0 aliphatic heterocycles. The van der Waals surface area contributed by atoms with E-state index in [1.165, 1.54) is 0 Å². The first-order valence-corrected chi connectivity index (χ1v) is 5.49. The Hall–Kier alpha value is -1.26. The first kappa shape index (κ1) is 13.8. The number of aromatic amines is 1. The van der Waals surface area contributed by atoms with Gasteiger partial charge in [-0.25, -0.2) is 9.78 Å². The van der Waals surface area contributed by atoms with Gasteiger partial charge in [0.1, 0.15) is 5.82 Å². The SMILES string of the molecule is CCOC(=O)c1ccc2nc(CCl)[nH]c2c1.Cl. The molecule has 1 N–H and O–H groups in total. The summed E-state index contributed by atoms with van der Waals surface area (Å²) < 4.78 is 4.91. The van der Waals surface area contributed by atoms with Gasteiger partial charge in [0.15, 0.2) is 0 Å². The summed E-state index contributed by atoms with van der Waals surface area (Å²) in [6, 6.07) is 5.18. The minimum atomic E-state index is -0.327. The highest BCUT2D eigenvalue weighted by Crippen LogP contribution is 2.15. The Kier molecular flexibility index (Phi) is 4.78. The summed E-state index contributed by atoms with van der Waals surface area (Å²) in [5, 5.41) is 0. The summed E-state index contributed by atoms with van der Waals surface area (Å²) in [6.07, 6.45) is 0. The molecule has 4 nitrogen and oxygen atoms in total. The minimum absolute atomic E-state index is 0. The second-order valence-corrected chi connectivity index (χ2v) is 3.54. The first-order chi connectivity index (χ1) is 7.74. The van der Waals surface area contributed by atoms with Gasteiger partial charge in [0.25, 0.3) is 0 Å². The number of esters is 1. The van der Waals surface area contributed by atoms with E-state index in [0.717, 1.165) is 11.0 Å². The van der Waals surface area contributed by atoms with Gasteiger partial charge in [0.2, 0.25) is 0 Å². The number of hydrogen-bond donors (Lipinski definition) is 1. The van der Waals surface area contributed by atoms with Crippen LogP contribution in [0.5, 0.6) is 0 Å². The highest BCUT2D eigenvalue weighted by Gasteiger charge is 2.09. The van der Waals surface area contributed by atoms with Gasteiger partial charge in [-0.3, -0.25) is 0 Å². The fourth-order valence-corrected chi connectivity index (χ4v) is 1.59. The topological polar surface area (TPSA) is 55.0 Å². The molecule has 2 aromatic rings. The molecular formula is C11H12Cl2N2O2. The van der Waals surface area contributed by atoms with Crippen molar-refractivity contribution in [3.8, 4) is 0 Å². The van der Waals surface area contributed by atoms with Gasteiger partial charge in [-0.15, -0.1) is 24.0 Å². The average Bonchev–Trinajstić information content (AvgIpc) is 2.70. The van der Waals surface area contributed by atoms with E-state index in [1.807, 2.05) is 0 Å².